The van der Waals surface area contributed by atoms with Crippen LogP contribution in [0.5, 0.6) is 11.5 Å². The molecule has 2 fully saturated rings. The summed E-state index contributed by atoms with van der Waals surface area (Å²) in [6.45, 7) is 7.38. The van der Waals surface area contributed by atoms with E-state index >= 15 is 0 Å². The van der Waals surface area contributed by atoms with Crippen molar-refractivity contribution in [3.63, 3.8) is 0 Å². The highest BCUT2D eigenvalue weighted by Gasteiger charge is 2.31. The first-order valence-corrected chi connectivity index (χ1v) is 12.6. The summed E-state index contributed by atoms with van der Waals surface area (Å²) >= 11 is 0. The molecule has 2 aromatic rings. The number of aryl methyl sites for hydroxylation is 1. The predicted octanol–water partition coefficient (Wildman–Crippen LogP) is 4.18. The van der Waals surface area contributed by atoms with Crippen LogP contribution in [0.1, 0.15) is 49.7 Å². The molecule has 2 saturated heterocycles. The Morgan fingerprint density at radius 1 is 0.912 bits per heavy atom. The maximum absolute atomic E-state index is 11.7. The summed E-state index contributed by atoms with van der Waals surface area (Å²) in [4.78, 5) is 16.0. The molecule has 4 rings (SSSR count). The fraction of sp³-hybridized carbons (Fsp3) is 0.536. The van der Waals surface area contributed by atoms with Crippen molar-refractivity contribution in [1.29, 1.82) is 0 Å². The summed E-state index contributed by atoms with van der Waals surface area (Å²) in [7, 11) is 0. The lowest BCUT2D eigenvalue weighted by molar-refractivity contribution is -0.127. The van der Waals surface area contributed by atoms with Gasteiger partial charge in [0.25, 0.3) is 0 Å². The zero-order valence-electron chi connectivity index (χ0n) is 20.4. The van der Waals surface area contributed by atoms with E-state index < -0.39 is 5.60 Å². The van der Waals surface area contributed by atoms with Crippen LogP contribution >= 0.6 is 0 Å². The fourth-order valence-electron chi connectivity index (χ4n) is 4.72. The molecule has 6 heteroatoms. The maximum atomic E-state index is 11.7. The molecular formula is C28H38N2O4. The van der Waals surface area contributed by atoms with E-state index in [1.807, 2.05) is 41.3 Å². The van der Waals surface area contributed by atoms with Crippen LogP contribution in [0.3, 0.4) is 0 Å². The van der Waals surface area contributed by atoms with Gasteiger partial charge in [-0.25, -0.2) is 0 Å². The van der Waals surface area contributed by atoms with Crippen LogP contribution in [0.2, 0.25) is 0 Å². The van der Waals surface area contributed by atoms with Gasteiger partial charge in [-0.15, -0.1) is 0 Å². The van der Waals surface area contributed by atoms with Crippen LogP contribution in [0.25, 0.3) is 0 Å². The number of aliphatic hydroxyl groups is 1. The van der Waals surface area contributed by atoms with Crippen LogP contribution in [0, 0.1) is 6.92 Å². The van der Waals surface area contributed by atoms with Crippen molar-refractivity contribution in [3.05, 3.63) is 59.7 Å². The molecule has 34 heavy (non-hydrogen) atoms. The largest absolute Gasteiger partial charge is 0.494 e. The second-order valence-corrected chi connectivity index (χ2v) is 9.79. The average Bonchev–Trinajstić information content (AvgIpc) is 3.16. The van der Waals surface area contributed by atoms with E-state index in [0.717, 1.165) is 69.9 Å². The van der Waals surface area contributed by atoms with E-state index in [2.05, 4.69) is 24.0 Å². The van der Waals surface area contributed by atoms with Crippen molar-refractivity contribution in [2.45, 2.75) is 57.6 Å². The highest BCUT2D eigenvalue weighted by molar-refractivity contribution is 5.77. The molecule has 0 spiro atoms. The number of amides is 1. The summed E-state index contributed by atoms with van der Waals surface area (Å²) in [6.07, 6.45) is 4.95. The highest BCUT2D eigenvalue weighted by Crippen LogP contribution is 2.25. The van der Waals surface area contributed by atoms with Gasteiger partial charge in [-0.05, 0) is 75.4 Å². The van der Waals surface area contributed by atoms with Crippen LogP contribution in [-0.2, 0) is 11.3 Å². The van der Waals surface area contributed by atoms with Gasteiger partial charge in [-0.3, -0.25) is 9.69 Å². The Morgan fingerprint density at radius 3 is 2.38 bits per heavy atom. The van der Waals surface area contributed by atoms with Gasteiger partial charge in [0.15, 0.2) is 0 Å². The lowest BCUT2D eigenvalue weighted by atomic mass is 9.96. The number of rotatable bonds is 10. The fourth-order valence-corrected chi connectivity index (χ4v) is 4.72. The number of nitrogens with zero attached hydrogens (tertiary/aromatic N) is 2. The molecule has 2 heterocycles. The molecule has 2 aromatic carbocycles. The van der Waals surface area contributed by atoms with Crippen molar-refractivity contribution >= 4 is 5.91 Å². The van der Waals surface area contributed by atoms with E-state index in [9.17, 15) is 9.90 Å². The number of carbonyl (C=O) groups excluding carboxylic acids is 1. The Bertz CT molecular complexity index is 915. The third-order valence-corrected chi connectivity index (χ3v) is 6.88. The zero-order valence-corrected chi connectivity index (χ0v) is 20.4. The molecule has 0 radical (unpaired) electrons. The molecule has 0 saturated carbocycles. The van der Waals surface area contributed by atoms with Gasteiger partial charge in [-0.2, -0.15) is 0 Å². The second kappa shape index (κ2) is 11.7. The Labute approximate surface area is 203 Å². The van der Waals surface area contributed by atoms with Gasteiger partial charge in [0.1, 0.15) is 18.1 Å². The maximum Gasteiger partial charge on any atom is 0.222 e. The van der Waals surface area contributed by atoms with E-state index in [1.54, 1.807) is 0 Å². The van der Waals surface area contributed by atoms with E-state index in [1.165, 1.54) is 11.1 Å². The number of ether oxygens (including phenoxy) is 2. The standard InChI is InChI=1S/C28H38N2O4/c1-23-6-10-26(11-7-23)34-22-28(32)14-3-16-29(19-15-28)21-24-8-12-25(13-9-24)33-20-4-18-30-17-2-5-27(30)31/h6-13,32H,2-5,14-22H2,1H3/t28-/m1/s1. The second-order valence-electron chi connectivity index (χ2n) is 9.79. The summed E-state index contributed by atoms with van der Waals surface area (Å²) in [5.74, 6) is 1.96. The molecule has 0 aliphatic carbocycles. The van der Waals surface area contributed by atoms with Crippen LogP contribution in [0.4, 0.5) is 0 Å². The number of hydrogen-bond donors (Lipinski definition) is 1. The number of carbonyl (C=O) groups is 1. The highest BCUT2D eigenvalue weighted by atomic mass is 16.5. The molecule has 184 valence electrons. The summed E-state index contributed by atoms with van der Waals surface area (Å²) in [6, 6.07) is 16.3. The Morgan fingerprint density at radius 2 is 1.65 bits per heavy atom. The first-order valence-electron chi connectivity index (χ1n) is 12.6. The average molecular weight is 467 g/mol. The molecule has 6 nitrogen and oxygen atoms in total. The van der Waals surface area contributed by atoms with Gasteiger partial charge in [0, 0.05) is 32.6 Å². The minimum atomic E-state index is -0.781. The monoisotopic (exact) mass is 466 g/mol. The predicted molar refractivity (Wildman–Crippen MR) is 133 cm³/mol. The van der Waals surface area contributed by atoms with Crippen molar-refractivity contribution in [3.8, 4) is 11.5 Å². The van der Waals surface area contributed by atoms with Crippen molar-refractivity contribution in [1.82, 2.24) is 9.80 Å². The number of hydrogen-bond acceptors (Lipinski definition) is 5. The topological polar surface area (TPSA) is 62.2 Å². The third kappa shape index (κ3) is 7.21. The minimum absolute atomic E-state index is 0.273. The quantitative estimate of drug-likeness (QED) is 0.532. The Hall–Kier alpha value is -2.57. The molecule has 1 amide bonds. The van der Waals surface area contributed by atoms with Crippen LogP contribution in [0.15, 0.2) is 48.5 Å². The van der Waals surface area contributed by atoms with Gasteiger partial charge >= 0.3 is 0 Å². The normalized spacial score (nSPS) is 21.5. The van der Waals surface area contributed by atoms with Gasteiger partial charge in [0.05, 0.1) is 12.2 Å². The van der Waals surface area contributed by atoms with Crippen LogP contribution < -0.4 is 9.47 Å². The first-order chi connectivity index (χ1) is 16.5. The van der Waals surface area contributed by atoms with E-state index in [0.29, 0.717) is 26.1 Å². The molecule has 0 unspecified atom stereocenters. The molecule has 2 aliphatic rings. The molecular weight excluding hydrogens is 428 g/mol. The van der Waals surface area contributed by atoms with E-state index in [4.69, 9.17) is 9.47 Å². The summed E-state index contributed by atoms with van der Waals surface area (Å²) in [5.41, 5.74) is 1.67. The van der Waals surface area contributed by atoms with Gasteiger partial charge in [-0.1, -0.05) is 29.8 Å². The molecule has 0 bridgehead atoms. The smallest absolute Gasteiger partial charge is 0.222 e. The lowest BCUT2D eigenvalue weighted by Crippen LogP contribution is -2.37. The first kappa shape index (κ1) is 24.6. The zero-order chi connectivity index (χ0) is 23.8. The summed E-state index contributed by atoms with van der Waals surface area (Å²) in [5, 5.41) is 11.1. The SMILES string of the molecule is Cc1ccc(OC[C@@]2(O)CCCN(Cc3ccc(OCCCN4CCCC4=O)cc3)CC2)cc1. The molecule has 2 aliphatic heterocycles. The van der Waals surface area contributed by atoms with Crippen molar-refractivity contribution in [2.75, 3.05) is 39.4 Å². The van der Waals surface area contributed by atoms with Crippen molar-refractivity contribution in [2.24, 2.45) is 0 Å². The van der Waals surface area contributed by atoms with E-state index in [-0.39, 0.29) is 5.91 Å². The molecule has 0 aromatic heterocycles. The number of likely N-dealkylation sites (tertiary alicyclic amines) is 2. The lowest BCUT2D eigenvalue weighted by Gasteiger charge is -2.27. The summed E-state index contributed by atoms with van der Waals surface area (Å²) < 4.78 is 11.8. The van der Waals surface area contributed by atoms with Gasteiger partial charge < -0.3 is 19.5 Å². The van der Waals surface area contributed by atoms with Crippen molar-refractivity contribution < 1.29 is 19.4 Å². The Balaban J connectivity index is 1.18. The van der Waals surface area contributed by atoms with Crippen LogP contribution in [-0.4, -0.2) is 65.8 Å². The molecule has 1 N–H and O–H groups in total. The number of benzene rings is 2. The molecule has 1 atom stereocenters. The van der Waals surface area contributed by atoms with Gasteiger partial charge in [0.2, 0.25) is 5.91 Å². The Kier molecular flexibility index (Phi) is 8.46. The minimum Gasteiger partial charge on any atom is -0.494 e. The third-order valence-electron chi connectivity index (χ3n) is 6.88.